The Morgan fingerprint density at radius 3 is 2.48 bits per heavy atom. The van der Waals surface area contributed by atoms with E-state index >= 15 is 0 Å². The molecule has 7 heteroatoms. The first-order valence-corrected chi connectivity index (χ1v) is 7.17. The van der Waals surface area contributed by atoms with Gasteiger partial charge in [-0.1, -0.05) is 36.0 Å². The Balaban J connectivity index is 2.25. The largest absolute Gasteiger partial charge is 0.412 e. The quantitative estimate of drug-likeness (QED) is 0.906. The van der Waals surface area contributed by atoms with Crippen molar-refractivity contribution in [3.63, 3.8) is 0 Å². The number of hydrogen-bond acceptors (Lipinski definition) is 3. The molecule has 3 nitrogen and oxygen atoms in total. The van der Waals surface area contributed by atoms with Gasteiger partial charge in [0.2, 0.25) is 0 Å². The van der Waals surface area contributed by atoms with Crippen molar-refractivity contribution < 1.29 is 18.0 Å². The molecule has 2 atom stereocenters. The van der Waals surface area contributed by atoms with Gasteiger partial charge in [-0.15, -0.1) is 0 Å². The lowest BCUT2D eigenvalue weighted by atomic mass is 10.0. The Morgan fingerprint density at radius 2 is 1.95 bits per heavy atom. The second-order valence-electron chi connectivity index (χ2n) is 5.05. The van der Waals surface area contributed by atoms with Gasteiger partial charge in [0.15, 0.2) is 9.91 Å². The van der Waals surface area contributed by atoms with Gasteiger partial charge in [-0.25, -0.2) is 0 Å². The molecule has 0 spiro atoms. The number of alkyl halides is 3. The van der Waals surface area contributed by atoms with Crippen LogP contribution < -0.4 is 5.32 Å². The van der Waals surface area contributed by atoms with Crippen LogP contribution in [0, 0.1) is 6.92 Å². The predicted molar refractivity (Wildman–Crippen MR) is 77.2 cm³/mol. The maximum atomic E-state index is 13.0. The van der Waals surface area contributed by atoms with Gasteiger partial charge in [-0.3, -0.25) is 9.79 Å². The zero-order chi connectivity index (χ0) is 15.8. The number of aryl methyl sites for hydroxylation is 1. The fourth-order valence-electron chi connectivity index (χ4n) is 2.03. The van der Waals surface area contributed by atoms with Crippen LogP contribution in [0.2, 0.25) is 0 Å². The number of carbonyl (C=O) groups is 1. The normalized spacial score (nSPS) is 26.0. The van der Waals surface area contributed by atoms with Gasteiger partial charge in [0, 0.05) is 0 Å². The second-order valence-corrected chi connectivity index (χ2v) is 6.46. The van der Waals surface area contributed by atoms with Crippen LogP contribution in [-0.2, 0) is 4.79 Å². The lowest BCUT2D eigenvalue weighted by Gasteiger charge is -2.21. The molecular formula is C14H15F3N2OS. The molecule has 1 amide bonds. The molecule has 0 aliphatic carbocycles. The molecule has 0 unspecified atom stereocenters. The number of rotatable bonds is 2. The average Bonchev–Trinajstić information content (AvgIpc) is 2.65. The van der Waals surface area contributed by atoms with E-state index in [1.807, 2.05) is 31.2 Å². The number of carbonyl (C=O) groups excluding carboxylic acids is 1. The van der Waals surface area contributed by atoms with Crippen molar-refractivity contribution in [3.8, 4) is 0 Å². The van der Waals surface area contributed by atoms with E-state index in [0.29, 0.717) is 11.8 Å². The molecule has 0 radical (unpaired) electrons. The van der Waals surface area contributed by atoms with E-state index in [2.05, 4.69) is 10.3 Å². The molecule has 1 aliphatic heterocycles. The summed E-state index contributed by atoms with van der Waals surface area (Å²) in [6.07, 6.45) is -4.62. The number of amides is 1. The van der Waals surface area contributed by atoms with Crippen molar-refractivity contribution >= 4 is 22.8 Å². The Morgan fingerprint density at radius 1 is 1.33 bits per heavy atom. The van der Waals surface area contributed by atoms with Gasteiger partial charge in [0.25, 0.3) is 5.91 Å². The Hall–Kier alpha value is -1.50. The third kappa shape index (κ3) is 2.92. The van der Waals surface area contributed by atoms with Gasteiger partial charge in [-0.05, 0) is 31.9 Å². The maximum absolute atomic E-state index is 13.0. The van der Waals surface area contributed by atoms with Gasteiger partial charge >= 0.3 is 6.18 Å². The summed E-state index contributed by atoms with van der Waals surface area (Å²) in [7, 11) is 0. The van der Waals surface area contributed by atoms with Crippen LogP contribution in [0.1, 0.15) is 31.0 Å². The summed E-state index contributed by atoms with van der Waals surface area (Å²) < 4.78 is 36.4. The minimum atomic E-state index is -4.62. The number of amidine groups is 1. The van der Waals surface area contributed by atoms with Crippen molar-refractivity contribution in [2.75, 3.05) is 0 Å². The fourth-order valence-corrected chi connectivity index (χ4v) is 3.03. The Kier molecular flexibility index (Phi) is 4.06. The van der Waals surface area contributed by atoms with E-state index in [4.69, 9.17) is 0 Å². The standard InChI is InChI=1S/C14H15F3N2OS/c1-8-6-4-5-7-10(8)9(2)18-12-19-11(20)13(3,21-12)14(15,16)17/h4-7,9H,1-3H3,(H,18,19,20)/t9-,13-/m0/s1. The van der Waals surface area contributed by atoms with Crippen LogP contribution in [0.4, 0.5) is 13.2 Å². The monoisotopic (exact) mass is 316 g/mol. The summed E-state index contributed by atoms with van der Waals surface area (Å²) in [6.45, 7) is 4.56. The summed E-state index contributed by atoms with van der Waals surface area (Å²) in [5.74, 6) is -1.07. The maximum Gasteiger partial charge on any atom is 0.412 e. The number of benzene rings is 1. The van der Waals surface area contributed by atoms with Gasteiger partial charge < -0.3 is 5.32 Å². The number of halogens is 3. The first-order chi connectivity index (χ1) is 9.65. The summed E-state index contributed by atoms with van der Waals surface area (Å²) in [4.78, 5) is 15.8. The Labute approximate surface area is 125 Å². The molecule has 21 heavy (non-hydrogen) atoms. The molecule has 0 aromatic heterocycles. The molecule has 1 heterocycles. The molecule has 0 bridgehead atoms. The first-order valence-electron chi connectivity index (χ1n) is 6.35. The van der Waals surface area contributed by atoms with Crippen LogP contribution >= 0.6 is 11.8 Å². The van der Waals surface area contributed by atoms with E-state index in [0.717, 1.165) is 18.1 Å². The van der Waals surface area contributed by atoms with Crippen molar-refractivity contribution in [3.05, 3.63) is 35.4 Å². The highest BCUT2D eigenvalue weighted by Gasteiger charge is 2.61. The molecule has 1 aromatic carbocycles. The SMILES string of the molecule is Cc1ccccc1[C@H](C)N=C1NC(=O)[C@@](C)(C(F)(F)F)S1. The van der Waals surface area contributed by atoms with Crippen LogP contribution in [0.15, 0.2) is 29.3 Å². The molecular weight excluding hydrogens is 301 g/mol. The van der Waals surface area contributed by atoms with Crippen molar-refractivity contribution in [2.24, 2.45) is 4.99 Å². The molecule has 1 fully saturated rings. The zero-order valence-corrected chi connectivity index (χ0v) is 12.6. The topological polar surface area (TPSA) is 41.5 Å². The van der Waals surface area contributed by atoms with E-state index in [-0.39, 0.29) is 11.2 Å². The van der Waals surface area contributed by atoms with Crippen molar-refractivity contribution in [2.45, 2.75) is 37.7 Å². The average molecular weight is 316 g/mol. The first kappa shape index (κ1) is 15.9. The lowest BCUT2D eigenvalue weighted by molar-refractivity contribution is -0.166. The summed E-state index contributed by atoms with van der Waals surface area (Å²) >= 11 is 0.421. The van der Waals surface area contributed by atoms with Crippen LogP contribution in [0.25, 0.3) is 0 Å². The zero-order valence-electron chi connectivity index (χ0n) is 11.8. The number of thioether (sulfide) groups is 1. The van der Waals surface area contributed by atoms with E-state index in [1.165, 1.54) is 0 Å². The fraction of sp³-hybridized carbons (Fsp3) is 0.429. The molecule has 1 aromatic rings. The highest BCUT2D eigenvalue weighted by Crippen LogP contribution is 2.45. The molecule has 114 valence electrons. The van der Waals surface area contributed by atoms with Crippen molar-refractivity contribution in [1.82, 2.24) is 5.32 Å². The highest BCUT2D eigenvalue weighted by molar-refractivity contribution is 8.16. The Bertz CT molecular complexity index is 600. The summed E-state index contributed by atoms with van der Waals surface area (Å²) in [5, 5.41) is 2.23. The number of nitrogens with zero attached hydrogens (tertiary/aromatic N) is 1. The smallest absolute Gasteiger partial charge is 0.304 e. The molecule has 1 aliphatic rings. The van der Waals surface area contributed by atoms with Crippen LogP contribution in [-0.4, -0.2) is 22.0 Å². The highest BCUT2D eigenvalue weighted by atomic mass is 32.2. The molecule has 2 rings (SSSR count). The second kappa shape index (κ2) is 5.36. The van der Waals surface area contributed by atoms with E-state index in [1.54, 1.807) is 6.92 Å². The lowest BCUT2D eigenvalue weighted by Crippen LogP contribution is -2.46. The number of hydrogen-bond donors (Lipinski definition) is 1. The third-order valence-electron chi connectivity index (χ3n) is 3.44. The van der Waals surface area contributed by atoms with E-state index < -0.39 is 16.8 Å². The minimum Gasteiger partial charge on any atom is -0.304 e. The van der Waals surface area contributed by atoms with Crippen LogP contribution in [0.5, 0.6) is 0 Å². The van der Waals surface area contributed by atoms with Gasteiger partial charge in [-0.2, -0.15) is 13.2 Å². The van der Waals surface area contributed by atoms with Crippen molar-refractivity contribution in [1.29, 1.82) is 0 Å². The summed E-state index contributed by atoms with van der Waals surface area (Å²) in [5.41, 5.74) is 1.92. The minimum absolute atomic E-state index is 0.00979. The van der Waals surface area contributed by atoms with E-state index in [9.17, 15) is 18.0 Å². The van der Waals surface area contributed by atoms with Gasteiger partial charge in [0.1, 0.15) is 0 Å². The third-order valence-corrected chi connectivity index (χ3v) is 4.67. The summed E-state index contributed by atoms with van der Waals surface area (Å²) in [6, 6.07) is 7.18. The number of nitrogens with one attached hydrogen (secondary N) is 1. The van der Waals surface area contributed by atoms with Crippen LogP contribution in [0.3, 0.4) is 0 Å². The number of aliphatic imine (C=N–C) groups is 1. The predicted octanol–water partition coefficient (Wildman–Crippen LogP) is 3.60. The molecule has 1 N–H and O–H groups in total. The van der Waals surface area contributed by atoms with Gasteiger partial charge in [0.05, 0.1) is 6.04 Å². The molecule has 0 saturated carbocycles. The molecule has 1 saturated heterocycles.